The molecule has 0 saturated heterocycles. The summed E-state index contributed by atoms with van der Waals surface area (Å²) in [5, 5.41) is 11.9. The Kier molecular flexibility index (Phi) is 4.07. The number of hydrogen-bond acceptors (Lipinski definition) is 3. The van der Waals surface area contributed by atoms with Crippen molar-refractivity contribution in [3.8, 4) is 5.75 Å². The number of pyridine rings is 1. The number of rotatable bonds is 4. The molecule has 19 heavy (non-hydrogen) atoms. The van der Waals surface area contributed by atoms with Crippen LogP contribution in [-0.2, 0) is 6.42 Å². The van der Waals surface area contributed by atoms with Crippen molar-refractivity contribution in [2.24, 2.45) is 0 Å². The van der Waals surface area contributed by atoms with Gasteiger partial charge in [-0.3, -0.25) is 4.79 Å². The van der Waals surface area contributed by atoms with Crippen LogP contribution in [0.3, 0.4) is 0 Å². The number of amides is 1. The molecule has 0 atom stereocenters. The fourth-order valence-corrected chi connectivity index (χ4v) is 1.60. The summed E-state index contributed by atoms with van der Waals surface area (Å²) in [4.78, 5) is 15.1. The van der Waals surface area contributed by atoms with Crippen molar-refractivity contribution in [2.45, 2.75) is 6.42 Å². The maximum Gasteiger partial charge on any atom is 0.252 e. The molecule has 0 bridgehead atoms. The lowest BCUT2D eigenvalue weighted by atomic mass is 10.1. The highest BCUT2D eigenvalue weighted by Crippen LogP contribution is 2.09. The van der Waals surface area contributed by atoms with Gasteiger partial charge in [-0.25, -0.2) is 4.98 Å². The van der Waals surface area contributed by atoms with E-state index in [1.807, 2.05) is 0 Å². The summed E-state index contributed by atoms with van der Waals surface area (Å²) in [5.74, 6) is -0.683. The van der Waals surface area contributed by atoms with Gasteiger partial charge in [0, 0.05) is 12.7 Å². The predicted molar refractivity (Wildman–Crippen MR) is 68.3 cm³/mol. The molecule has 1 amide bonds. The zero-order valence-corrected chi connectivity index (χ0v) is 10.1. The molecule has 0 aliphatic carbocycles. The molecular formula is C14H13FN2O2. The number of phenols is 1. The van der Waals surface area contributed by atoms with Gasteiger partial charge in [0.05, 0.1) is 5.56 Å². The quantitative estimate of drug-likeness (QED) is 0.825. The van der Waals surface area contributed by atoms with Crippen molar-refractivity contribution < 1.29 is 14.3 Å². The minimum absolute atomic E-state index is 0.213. The first-order valence-electron chi connectivity index (χ1n) is 5.83. The number of nitrogens with one attached hydrogen (secondary N) is 1. The summed E-state index contributed by atoms with van der Waals surface area (Å²) in [7, 11) is 0. The van der Waals surface area contributed by atoms with Gasteiger partial charge in [-0.1, -0.05) is 12.1 Å². The van der Waals surface area contributed by atoms with Crippen molar-refractivity contribution in [2.75, 3.05) is 6.54 Å². The molecule has 98 valence electrons. The third-order valence-corrected chi connectivity index (χ3v) is 2.63. The highest BCUT2D eigenvalue weighted by atomic mass is 19.1. The number of nitrogens with zero attached hydrogens (tertiary/aromatic N) is 1. The van der Waals surface area contributed by atoms with E-state index >= 15 is 0 Å². The van der Waals surface area contributed by atoms with E-state index in [-0.39, 0.29) is 11.7 Å². The van der Waals surface area contributed by atoms with Crippen LogP contribution in [-0.4, -0.2) is 22.5 Å². The van der Waals surface area contributed by atoms with Crippen molar-refractivity contribution in [1.82, 2.24) is 10.3 Å². The van der Waals surface area contributed by atoms with Gasteiger partial charge < -0.3 is 10.4 Å². The first-order valence-corrected chi connectivity index (χ1v) is 5.83. The number of benzene rings is 1. The Labute approximate surface area is 109 Å². The molecule has 1 aromatic heterocycles. The number of aromatic hydroxyl groups is 1. The SMILES string of the molecule is O=C(NCCc1ccc(O)cc1)c1ccc(F)nc1. The Morgan fingerprint density at radius 1 is 1.21 bits per heavy atom. The molecular weight excluding hydrogens is 247 g/mol. The van der Waals surface area contributed by atoms with E-state index in [0.717, 1.165) is 11.6 Å². The van der Waals surface area contributed by atoms with Gasteiger partial charge in [0.2, 0.25) is 5.95 Å². The molecule has 1 aromatic carbocycles. The van der Waals surface area contributed by atoms with Crippen molar-refractivity contribution >= 4 is 5.91 Å². The molecule has 0 aliphatic heterocycles. The molecule has 0 fully saturated rings. The van der Waals surface area contributed by atoms with E-state index in [2.05, 4.69) is 10.3 Å². The number of halogens is 1. The summed E-state index contributed by atoms with van der Waals surface area (Å²) in [6, 6.07) is 9.32. The van der Waals surface area contributed by atoms with Crippen molar-refractivity contribution in [3.05, 3.63) is 59.7 Å². The second-order valence-corrected chi connectivity index (χ2v) is 4.04. The maximum atomic E-state index is 12.6. The number of carbonyl (C=O) groups is 1. The van der Waals surface area contributed by atoms with Gasteiger partial charge in [-0.2, -0.15) is 4.39 Å². The number of phenolic OH excluding ortho intramolecular Hbond substituents is 1. The summed E-state index contributed by atoms with van der Waals surface area (Å²) >= 11 is 0. The Bertz CT molecular complexity index is 553. The van der Waals surface area contributed by atoms with Crippen LogP contribution in [0, 0.1) is 5.95 Å². The van der Waals surface area contributed by atoms with Crippen LogP contribution in [0.15, 0.2) is 42.6 Å². The molecule has 4 nitrogen and oxygen atoms in total. The van der Waals surface area contributed by atoms with Crippen LogP contribution in [0.25, 0.3) is 0 Å². The first kappa shape index (κ1) is 13.0. The topological polar surface area (TPSA) is 62.2 Å². The lowest BCUT2D eigenvalue weighted by Gasteiger charge is -2.05. The minimum Gasteiger partial charge on any atom is -0.508 e. The predicted octanol–water partition coefficient (Wildman–Crippen LogP) is 1.90. The van der Waals surface area contributed by atoms with Gasteiger partial charge in [0.25, 0.3) is 5.91 Å². The highest BCUT2D eigenvalue weighted by Gasteiger charge is 2.05. The Hall–Kier alpha value is -2.43. The van der Waals surface area contributed by atoms with E-state index in [0.29, 0.717) is 18.5 Å². The largest absolute Gasteiger partial charge is 0.508 e. The summed E-state index contributed by atoms with van der Waals surface area (Å²) in [6.45, 7) is 0.459. The molecule has 0 spiro atoms. The van der Waals surface area contributed by atoms with E-state index < -0.39 is 5.95 Å². The van der Waals surface area contributed by atoms with Gasteiger partial charge in [0.1, 0.15) is 5.75 Å². The van der Waals surface area contributed by atoms with Crippen LogP contribution in [0.2, 0.25) is 0 Å². The zero-order valence-electron chi connectivity index (χ0n) is 10.1. The zero-order chi connectivity index (χ0) is 13.7. The normalized spacial score (nSPS) is 10.2. The Balaban J connectivity index is 1.84. The third-order valence-electron chi connectivity index (χ3n) is 2.63. The number of carbonyl (C=O) groups excluding carboxylic acids is 1. The second kappa shape index (κ2) is 5.95. The monoisotopic (exact) mass is 260 g/mol. The first-order chi connectivity index (χ1) is 9.15. The van der Waals surface area contributed by atoms with Crippen LogP contribution in [0.4, 0.5) is 4.39 Å². The molecule has 0 aliphatic rings. The Morgan fingerprint density at radius 2 is 1.95 bits per heavy atom. The number of hydrogen-bond donors (Lipinski definition) is 2. The molecule has 5 heteroatoms. The van der Waals surface area contributed by atoms with Crippen LogP contribution in [0.1, 0.15) is 15.9 Å². The fourth-order valence-electron chi connectivity index (χ4n) is 1.60. The molecule has 0 radical (unpaired) electrons. The molecule has 0 unspecified atom stereocenters. The lowest BCUT2D eigenvalue weighted by molar-refractivity contribution is 0.0953. The van der Waals surface area contributed by atoms with Gasteiger partial charge >= 0.3 is 0 Å². The average Bonchev–Trinajstić information content (AvgIpc) is 2.41. The van der Waals surface area contributed by atoms with Gasteiger partial charge in [0.15, 0.2) is 0 Å². The standard InChI is InChI=1S/C14H13FN2O2/c15-13-6-3-11(9-17-13)14(19)16-8-7-10-1-4-12(18)5-2-10/h1-6,9,18H,7-8H2,(H,16,19). The second-order valence-electron chi connectivity index (χ2n) is 4.04. The smallest absolute Gasteiger partial charge is 0.252 e. The molecule has 1 heterocycles. The van der Waals surface area contributed by atoms with Gasteiger partial charge in [-0.05, 0) is 36.2 Å². The average molecular weight is 260 g/mol. The Morgan fingerprint density at radius 3 is 2.58 bits per heavy atom. The summed E-state index contributed by atoms with van der Waals surface area (Å²) in [5.41, 5.74) is 1.34. The van der Waals surface area contributed by atoms with E-state index in [1.54, 1.807) is 24.3 Å². The lowest BCUT2D eigenvalue weighted by Crippen LogP contribution is -2.25. The fraction of sp³-hybridized carbons (Fsp3) is 0.143. The van der Waals surface area contributed by atoms with E-state index in [9.17, 15) is 9.18 Å². The third kappa shape index (κ3) is 3.77. The summed E-state index contributed by atoms with van der Waals surface area (Å²) < 4.78 is 12.6. The van der Waals surface area contributed by atoms with Crippen molar-refractivity contribution in [3.63, 3.8) is 0 Å². The highest BCUT2D eigenvalue weighted by molar-refractivity contribution is 5.93. The van der Waals surface area contributed by atoms with Crippen molar-refractivity contribution in [1.29, 1.82) is 0 Å². The molecule has 2 rings (SSSR count). The minimum atomic E-state index is -0.611. The number of aromatic nitrogens is 1. The van der Waals surface area contributed by atoms with Gasteiger partial charge in [-0.15, -0.1) is 0 Å². The van der Waals surface area contributed by atoms with Crippen LogP contribution in [0.5, 0.6) is 5.75 Å². The maximum absolute atomic E-state index is 12.6. The van der Waals surface area contributed by atoms with Crippen LogP contribution >= 0.6 is 0 Å². The van der Waals surface area contributed by atoms with E-state index in [4.69, 9.17) is 5.11 Å². The molecule has 0 saturated carbocycles. The van der Waals surface area contributed by atoms with E-state index in [1.165, 1.54) is 12.3 Å². The van der Waals surface area contributed by atoms with Crippen LogP contribution < -0.4 is 5.32 Å². The molecule has 2 aromatic rings. The molecule has 2 N–H and O–H groups in total. The summed E-state index contributed by atoms with van der Waals surface area (Å²) in [6.07, 6.45) is 1.85.